The van der Waals surface area contributed by atoms with Crippen molar-refractivity contribution in [3.8, 4) is 16.9 Å². The van der Waals surface area contributed by atoms with Gasteiger partial charge in [0, 0.05) is 5.92 Å². The van der Waals surface area contributed by atoms with Crippen LogP contribution >= 0.6 is 7.60 Å². The number of hydrogen-bond donors (Lipinski definition) is 1. The smallest absolute Gasteiger partial charge is 0.407 e. The molecule has 0 aliphatic heterocycles. The molecule has 3 aromatic carbocycles. The van der Waals surface area contributed by atoms with Gasteiger partial charge in [0.05, 0.1) is 19.3 Å². The maximum Gasteiger partial charge on any atom is 0.407 e. The lowest BCUT2D eigenvalue weighted by Crippen LogP contribution is -2.43. The maximum absolute atomic E-state index is 15.5. The van der Waals surface area contributed by atoms with Crippen LogP contribution in [0.5, 0.6) is 5.75 Å². The van der Waals surface area contributed by atoms with Gasteiger partial charge in [0.15, 0.2) is 0 Å². The molecular weight excluding hydrogens is 608 g/mol. The fourth-order valence-electron chi connectivity index (χ4n) is 5.10. The summed E-state index contributed by atoms with van der Waals surface area (Å²) in [4.78, 5) is 13.2. The van der Waals surface area contributed by atoms with E-state index in [1.54, 1.807) is 13.8 Å². The second-order valence-electron chi connectivity index (χ2n) is 12.6. The van der Waals surface area contributed by atoms with E-state index in [-0.39, 0.29) is 37.2 Å². The molecule has 45 heavy (non-hydrogen) atoms. The minimum absolute atomic E-state index is 0.00129. The van der Waals surface area contributed by atoms with Crippen LogP contribution in [0.2, 0.25) is 18.1 Å². The number of carbonyl (C=O) groups is 1. The van der Waals surface area contributed by atoms with Crippen molar-refractivity contribution in [3.05, 3.63) is 101 Å². The molecule has 0 saturated heterocycles. The van der Waals surface area contributed by atoms with Crippen LogP contribution in [-0.2, 0) is 24.8 Å². The lowest BCUT2D eigenvalue weighted by Gasteiger charge is -2.36. The molecule has 0 heterocycles. The Morgan fingerprint density at radius 3 is 1.98 bits per heavy atom. The Kier molecular flexibility index (Phi) is 11.1. The van der Waals surface area contributed by atoms with E-state index in [0.717, 1.165) is 39.6 Å². The third kappa shape index (κ3) is 8.33. The van der Waals surface area contributed by atoms with E-state index in [9.17, 15) is 9.36 Å². The lowest BCUT2D eigenvalue weighted by molar-refractivity contribution is 0.140. The molecule has 0 fully saturated rings. The highest BCUT2D eigenvalue weighted by molar-refractivity contribution is 7.58. The van der Waals surface area contributed by atoms with Crippen LogP contribution < -0.4 is 9.74 Å². The molecular formula is C35H45FNO6PSi. The van der Waals surface area contributed by atoms with E-state index in [1.165, 1.54) is 0 Å². The zero-order valence-corrected chi connectivity index (χ0v) is 29.2. The molecule has 0 radical (unpaired) electrons. The molecule has 242 valence electrons. The Balaban J connectivity index is 1.53. The van der Waals surface area contributed by atoms with Gasteiger partial charge in [-0.05, 0) is 84.4 Å². The van der Waals surface area contributed by atoms with Crippen molar-refractivity contribution in [1.82, 2.24) is 5.32 Å². The van der Waals surface area contributed by atoms with Crippen molar-refractivity contribution in [2.75, 3.05) is 19.8 Å². The van der Waals surface area contributed by atoms with Crippen LogP contribution in [-0.4, -0.2) is 40.3 Å². The van der Waals surface area contributed by atoms with Crippen molar-refractivity contribution >= 4 is 22.0 Å². The summed E-state index contributed by atoms with van der Waals surface area (Å²) in [6.07, 6.45) is 0.579. The van der Waals surface area contributed by atoms with E-state index in [0.29, 0.717) is 0 Å². The van der Waals surface area contributed by atoms with Gasteiger partial charge in [-0.1, -0.05) is 81.4 Å². The van der Waals surface area contributed by atoms with Gasteiger partial charge >= 0.3 is 13.7 Å². The van der Waals surface area contributed by atoms with Crippen LogP contribution in [0.4, 0.5) is 9.18 Å². The van der Waals surface area contributed by atoms with Crippen LogP contribution in [0.1, 0.15) is 57.2 Å². The van der Waals surface area contributed by atoms with E-state index >= 15 is 4.39 Å². The van der Waals surface area contributed by atoms with Crippen LogP contribution in [0.25, 0.3) is 11.1 Å². The summed E-state index contributed by atoms with van der Waals surface area (Å²) in [7, 11) is -6.21. The third-order valence-corrected chi connectivity index (χ3v) is 14.6. The second-order valence-corrected chi connectivity index (χ2v) is 19.3. The highest BCUT2D eigenvalue weighted by Gasteiger charge is 2.39. The van der Waals surface area contributed by atoms with E-state index < -0.39 is 33.6 Å². The van der Waals surface area contributed by atoms with Crippen molar-refractivity contribution in [1.29, 1.82) is 0 Å². The van der Waals surface area contributed by atoms with Crippen LogP contribution in [0.15, 0.2) is 84.4 Å². The Bertz CT molecular complexity index is 1500. The van der Waals surface area contributed by atoms with Gasteiger partial charge in [0.2, 0.25) is 13.9 Å². The summed E-state index contributed by atoms with van der Waals surface area (Å²) in [5.74, 6) is 0.628. The standard InChI is InChI=1S/C35H45FNO6PSi/c1-8-41-44(39,42-9-2)33(36)23-26(22-25-18-20-27(21-19-25)43-45(6,7)35(3,4)5)37-34(38)40-24-32-30-16-12-10-14-28(30)29-15-11-13-17-31(29)32/h10-21,23,26,32H,8-9,22,24H2,1-7H3,(H,37,38)/b33-23+/t26-/m1/s1. The summed E-state index contributed by atoms with van der Waals surface area (Å²) < 4.78 is 51.1. The minimum atomic E-state index is -4.18. The van der Waals surface area contributed by atoms with Crippen LogP contribution in [0.3, 0.4) is 0 Å². The molecule has 0 unspecified atom stereocenters. The van der Waals surface area contributed by atoms with E-state index in [2.05, 4.69) is 51.3 Å². The summed E-state index contributed by atoms with van der Waals surface area (Å²) in [5.41, 5.74) is 4.16. The Hall–Kier alpha value is -3.23. The number of nitrogens with one attached hydrogen (secondary N) is 1. The molecule has 4 rings (SSSR count). The molecule has 0 saturated carbocycles. The molecule has 1 N–H and O–H groups in total. The molecule has 1 aliphatic carbocycles. The number of amides is 1. The van der Waals surface area contributed by atoms with Gasteiger partial charge in [0.25, 0.3) is 0 Å². The topological polar surface area (TPSA) is 83.1 Å². The fraction of sp³-hybridized carbons (Fsp3) is 0.400. The predicted octanol–water partition coefficient (Wildman–Crippen LogP) is 9.60. The highest BCUT2D eigenvalue weighted by atomic mass is 31.2. The number of hydrogen-bond acceptors (Lipinski definition) is 6. The van der Waals surface area contributed by atoms with Crippen molar-refractivity contribution in [3.63, 3.8) is 0 Å². The van der Waals surface area contributed by atoms with Crippen LogP contribution in [0, 0.1) is 0 Å². The zero-order chi connectivity index (χ0) is 32.8. The number of alkyl carbamates (subject to hydrolysis) is 1. The Morgan fingerprint density at radius 2 is 1.47 bits per heavy atom. The number of ether oxygens (including phenoxy) is 1. The number of rotatable bonds is 13. The summed E-state index contributed by atoms with van der Waals surface area (Å²) >= 11 is 0. The number of halogens is 1. The van der Waals surface area contributed by atoms with Gasteiger partial charge < -0.3 is 23.5 Å². The number of fused-ring (bicyclic) bond motifs is 3. The molecule has 1 atom stereocenters. The van der Waals surface area contributed by atoms with Gasteiger partial charge in [0.1, 0.15) is 12.4 Å². The third-order valence-electron chi connectivity index (χ3n) is 8.40. The first-order chi connectivity index (χ1) is 21.3. The van der Waals surface area contributed by atoms with Crippen molar-refractivity contribution < 1.29 is 32.0 Å². The summed E-state index contributed by atoms with van der Waals surface area (Å²) in [5, 5.41) is 2.81. The number of benzene rings is 3. The Labute approximate surface area is 267 Å². The summed E-state index contributed by atoms with van der Waals surface area (Å²) in [6, 6.07) is 22.8. The molecule has 0 spiro atoms. The lowest BCUT2D eigenvalue weighted by atomic mass is 9.98. The highest BCUT2D eigenvalue weighted by Crippen LogP contribution is 2.56. The molecule has 7 nitrogen and oxygen atoms in total. The predicted molar refractivity (Wildman–Crippen MR) is 180 cm³/mol. The normalized spacial score (nSPS) is 14.4. The first-order valence-electron chi connectivity index (χ1n) is 15.4. The fourth-order valence-corrected chi connectivity index (χ4v) is 7.49. The van der Waals surface area contributed by atoms with Gasteiger partial charge in [-0.2, -0.15) is 4.39 Å². The summed E-state index contributed by atoms with van der Waals surface area (Å²) in [6.45, 7) is 14.2. The van der Waals surface area contributed by atoms with Gasteiger partial charge in [-0.3, -0.25) is 4.57 Å². The average Bonchev–Trinajstić information content (AvgIpc) is 3.30. The largest absolute Gasteiger partial charge is 0.544 e. The van der Waals surface area contributed by atoms with E-state index in [1.807, 2.05) is 60.7 Å². The first kappa shape index (κ1) is 34.6. The quantitative estimate of drug-likeness (QED) is 0.146. The van der Waals surface area contributed by atoms with Crippen molar-refractivity contribution in [2.24, 2.45) is 0 Å². The zero-order valence-electron chi connectivity index (χ0n) is 27.3. The monoisotopic (exact) mass is 653 g/mol. The molecule has 1 aliphatic rings. The molecule has 3 aromatic rings. The maximum atomic E-state index is 15.5. The second kappa shape index (κ2) is 14.5. The minimum Gasteiger partial charge on any atom is -0.544 e. The number of carbonyl (C=O) groups excluding carboxylic acids is 1. The molecule has 1 amide bonds. The first-order valence-corrected chi connectivity index (χ1v) is 19.9. The van der Waals surface area contributed by atoms with Crippen molar-refractivity contribution in [2.45, 2.75) is 71.1 Å². The molecule has 0 aromatic heterocycles. The van der Waals surface area contributed by atoms with E-state index in [4.69, 9.17) is 18.2 Å². The Morgan fingerprint density at radius 1 is 0.933 bits per heavy atom. The van der Waals surface area contributed by atoms with Gasteiger partial charge in [-0.15, -0.1) is 0 Å². The molecule has 0 bridgehead atoms. The molecule has 10 heteroatoms. The van der Waals surface area contributed by atoms with Gasteiger partial charge in [-0.25, -0.2) is 4.79 Å². The SMILES string of the molecule is CCOP(=O)(OCC)/C(F)=C/[C@@H](Cc1ccc(O[Si](C)(C)C(C)(C)C)cc1)NC(=O)OCC1c2ccccc2-c2ccccc21. The average molecular weight is 654 g/mol.